The molecule has 1 atom stereocenters. The van der Waals surface area contributed by atoms with E-state index in [-0.39, 0.29) is 11.4 Å². The number of carbonyl (C=O) groups is 1. The van der Waals surface area contributed by atoms with Crippen LogP contribution in [-0.4, -0.2) is 39.6 Å². The Balaban J connectivity index is 2.04. The molecule has 1 fully saturated rings. The van der Waals surface area contributed by atoms with E-state index in [9.17, 15) is 4.79 Å². The van der Waals surface area contributed by atoms with E-state index in [2.05, 4.69) is 30.8 Å². The summed E-state index contributed by atoms with van der Waals surface area (Å²) in [5, 5.41) is 8.98. The third-order valence-corrected chi connectivity index (χ3v) is 3.91. The van der Waals surface area contributed by atoms with Crippen molar-refractivity contribution >= 4 is 33.4 Å². The molecule has 0 aromatic carbocycles. The van der Waals surface area contributed by atoms with Crippen molar-refractivity contribution in [3.05, 3.63) is 11.1 Å². The van der Waals surface area contributed by atoms with Gasteiger partial charge in [-0.3, -0.25) is 4.79 Å². The number of carbonyl (C=O) groups excluding carboxylic acids is 1. The highest BCUT2D eigenvalue weighted by Crippen LogP contribution is 2.21. The highest BCUT2D eigenvalue weighted by molar-refractivity contribution is 9.09. The Morgan fingerprint density at radius 3 is 3.20 bits per heavy atom. The zero-order valence-electron chi connectivity index (χ0n) is 7.90. The molecule has 5 nitrogen and oxygen atoms in total. The van der Waals surface area contributed by atoms with Crippen molar-refractivity contribution in [2.24, 2.45) is 0 Å². The standard InChI is InChI=1S/C8H10BrN3O2S/c9-4-8(1-2-14-5-8)10-7(13)6-3-15-12-11-6/h3H,1-2,4-5H2,(H,10,13). The summed E-state index contributed by atoms with van der Waals surface area (Å²) >= 11 is 4.56. The topological polar surface area (TPSA) is 64.1 Å². The molecule has 1 aromatic rings. The molecule has 1 aliphatic rings. The number of nitrogens with one attached hydrogen (secondary N) is 1. The number of hydrogen-bond donors (Lipinski definition) is 1. The van der Waals surface area contributed by atoms with Crippen molar-refractivity contribution in [1.29, 1.82) is 0 Å². The lowest BCUT2D eigenvalue weighted by molar-refractivity contribution is 0.0888. The van der Waals surface area contributed by atoms with Gasteiger partial charge in [-0.25, -0.2) is 0 Å². The SMILES string of the molecule is O=C(NC1(CBr)CCOC1)c1csnn1. The van der Waals surface area contributed by atoms with E-state index >= 15 is 0 Å². The summed E-state index contributed by atoms with van der Waals surface area (Å²) in [6.07, 6.45) is 0.821. The van der Waals surface area contributed by atoms with Gasteiger partial charge in [0.05, 0.1) is 12.1 Å². The second-order valence-electron chi connectivity index (χ2n) is 3.46. The second kappa shape index (κ2) is 4.54. The molecule has 0 aliphatic carbocycles. The van der Waals surface area contributed by atoms with E-state index in [0.717, 1.165) is 6.42 Å². The van der Waals surface area contributed by atoms with Crippen LogP contribution < -0.4 is 5.32 Å². The number of aromatic nitrogens is 2. The van der Waals surface area contributed by atoms with Crippen molar-refractivity contribution in [3.8, 4) is 0 Å². The Morgan fingerprint density at radius 2 is 2.67 bits per heavy atom. The normalized spacial score (nSPS) is 25.4. The lowest BCUT2D eigenvalue weighted by Gasteiger charge is -2.25. The molecule has 1 N–H and O–H groups in total. The van der Waals surface area contributed by atoms with Gasteiger partial charge >= 0.3 is 0 Å². The van der Waals surface area contributed by atoms with Crippen molar-refractivity contribution < 1.29 is 9.53 Å². The van der Waals surface area contributed by atoms with Gasteiger partial charge in [0.15, 0.2) is 5.69 Å². The monoisotopic (exact) mass is 291 g/mol. The molecule has 15 heavy (non-hydrogen) atoms. The van der Waals surface area contributed by atoms with Crippen molar-refractivity contribution in [3.63, 3.8) is 0 Å². The summed E-state index contributed by atoms with van der Waals surface area (Å²) in [5.74, 6) is -0.186. The summed E-state index contributed by atoms with van der Waals surface area (Å²) in [7, 11) is 0. The molecule has 0 spiro atoms. The molecule has 2 rings (SSSR count). The Labute approximate surface area is 99.5 Å². The first-order valence-electron chi connectivity index (χ1n) is 4.49. The largest absolute Gasteiger partial charge is 0.379 e. The quantitative estimate of drug-likeness (QED) is 0.838. The summed E-state index contributed by atoms with van der Waals surface area (Å²) in [6, 6.07) is 0. The summed E-state index contributed by atoms with van der Waals surface area (Å²) in [5.41, 5.74) is 0.0768. The van der Waals surface area contributed by atoms with Crippen LogP contribution >= 0.6 is 27.5 Å². The number of hydrogen-bond acceptors (Lipinski definition) is 5. The Kier molecular flexibility index (Phi) is 3.32. The first kappa shape index (κ1) is 11.0. The predicted octanol–water partition coefficient (Wildman–Crippen LogP) is 0.822. The third-order valence-electron chi connectivity index (χ3n) is 2.33. The van der Waals surface area contributed by atoms with Gasteiger partial charge in [0.25, 0.3) is 5.91 Å². The molecule has 1 unspecified atom stereocenters. The van der Waals surface area contributed by atoms with Gasteiger partial charge in [-0.15, -0.1) is 5.10 Å². The first-order valence-corrected chi connectivity index (χ1v) is 6.45. The van der Waals surface area contributed by atoms with Crippen LogP contribution in [0.1, 0.15) is 16.9 Å². The minimum Gasteiger partial charge on any atom is -0.379 e. The van der Waals surface area contributed by atoms with Gasteiger partial charge in [0, 0.05) is 17.3 Å². The first-order chi connectivity index (χ1) is 7.26. The van der Waals surface area contributed by atoms with Gasteiger partial charge < -0.3 is 10.1 Å². The van der Waals surface area contributed by atoms with Crippen LogP contribution in [0.2, 0.25) is 0 Å². The molecule has 1 aliphatic heterocycles. The molecule has 0 radical (unpaired) electrons. The van der Waals surface area contributed by atoms with E-state index < -0.39 is 0 Å². The fraction of sp³-hybridized carbons (Fsp3) is 0.625. The summed E-state index contributed by atoms with van der Waals surface area (Å²) < 4.78 is 8.95. The molecular formula is C8H10BrN3O2S. The van der Waals surface area contributed by atoms with Gasteiger partial charge in [-0.1, -0.05) is 20.4 Å². The number of halogens is 1. The number of amides is 1. The third kappa shape index (κ3) is 2.35. The van der Waals surface area contributed by atoms with Crippen molar-refractivity contribution in [1.82, 2.24) is 14.9 Å². The van der Waals surface area contributed by atoms with Crippen LogP contribution in [-0.2, 0) is 4.74 Å². The number of rotatable bonds is 3. The lowest BCUT2D eigenvalue weighted by Crippen LogP contribution is -2.50. The van der Waals surface area contributed by atoms with Crippen LogP contribution in [0.15, 0.2) is 5.38 Å². The minimum atomic E-state index is -0.291. The van der Waals surface area contributed by atoms with Crippen molar-refractivity contribution in [2.45, 2.75) is 12.0 Å². The molecule has 2 heterocycles. The molecule has 82 valence electrons. The van der Waals surface area contributed by atoms with Crippen LogP contribution in [0.4, 0.5) is 0 Å². The van der Waals surface area contributed by atoms with Crippen LogP contribution in [0.25, 0.3) is 0 Å². The lowest BCUT2D eigenvalue weighted by atomic mass is 10.0. The Hall–Kier alpha value is -0.530. The van der Waals surface area contributed by atoms with Crippen molar-refractivity contribution in [2.75, 3.05) is 18.5 Å². The van der Waals surface area contributed by atoms with Crippen LogP contribution in [0, 0.1) is 0 Å². The van der Waals surface area contributed by atoms with E-state index in [1.165, 1.54) is 11.5 Å². The zero-order chi connectivity index (χ0) is 10.7. The molecule has 1 saturated heterocycles. The number of alkyl halides is 1. The fourth-order valence-electron chi connectivity index (χ4n) is 1.41. The van der Waals surface area contributed by atoms with E-state index in [0.29, 0.717) is 24.2 Å². The van der Waals surface area contributed by atoms with E-state index in [1.54, 1.807) is 5.38 Å². The summed E-state index contributed by atoms with van der Waals surface area (Å²) in [6.45, 7) is 1.22. The maximum atomic E-state index is 11.7. The number of ether oxygens (including phenoxy) is 1. The molecule has 0 saturated carbocycles. The molecular weight excluding hydrogens is 282 g/mol. The molecule has 1 aromatic heterocycles. The maximum absolute atomic E-state index is 11.7. The Morgan fingerprint density at radius 1 is 1.80 bits per heavy atom. The van der Waals surface area contributed by atoms with Gasteiger partial charge in [0.2, 0.25) is 0 Å². The summed E-state index contributed by atoms with van der Waals surface area (Å²) in [4.78, 5) is 11.7. The van der Waals surface area contributed by atoms with Gasteiger partial charge in [-0.2, -0.15) is 0 Å². The van der Waals surface area contributed by atoms with Gasteiger partial charge in [0.1, 0.15) is 0 Å². The number of nitrogens with zero attached hydrogens (tertiary/aromatic N) is 2. The van der Waals surface area contributed by atoms with Crippen LogP contribution in [0.5, 0.6) is 0 Å². The van der Waals surface area contributed by atoms with E-state index in [1.807, 2.05) is 0 Å². The highest BCUT2D eigenvalue weighted by Gasteiger charge is 2.35. The minimum absolute atomic E-state index is 0.186. The van der Waals surface area contributed by atoms with Gasteiger partial charge in [-0.05, 0) is 18.0 Å². The molecule has 1 amide bonds. The van der Waals surface area contributed by atoms with Crippen LogP contribution in [0.3, 0.4) is 0 Å². The second-order valence-corrected chi connectivity index (χ2v) is 4.63. The fourth-order valence-corrected chi connectivity index (χ4v) is 2.43. The highest BCUT2D eigenvalue weighted by atomic mass is 79.9. The predicted molar refractivity (Wildman–Crippen MR) is 59.3 cm³/mol. The zero-order valence-corrected chi connectivity index (χ0v) is 10.3. The average Bonchev–Trinajstić information content (AvgIpc) is 2.88. The molecule has 0 bridgehead atoms. The Bertz CT molecular complexity index is 338. The molecule has 7 heteroatoms. The average molecular weight is 292 g/mol. The maximum Gasteiger partial charge on any atom is 0.273 e. The van der Waals surface area contributed by atoms with E-state index in [4.69, 9.17) is 4.74 Å². The smallest absolute Gasteiger partial charge is 0.273 e.